The van der Waals surface area contributed by atoms with Gasteiger partial charge in [0.15, 0.2) is 34.2 Å². The summed E-state index contributed by atoms with van der Waals surface area (Å²) >= 11 is 4.92. The number of Topliss-reactive ketones (excluding diaryl/α,β-unsaturated/α-hetero) is 1. The fourth-order valence-electron chi connectivity index (χ4n) is 3.41. The molecule has 4 nitrogen and oxygen atoms in total. The van der Waals surface area contributed by atoms with E-state index in [0.717, 1.165) is 18.0 Å². The van der Waals surface area contributed by atoms with Crippen LogP contribution in [0.25, 0.3) is 0 Å². The lowest BCUT2D eigenvalue weighted by molar-refractivity contribution is 0.0857. The highest BCUT2D eigenvalue weighted by Crippen LogP contribution is 2.32. The maximum absolute atomic E-state index is 14.3. The number of ketones is 1. The summed E-state index contributed by atoms with van der Waals surface area (Å²) < 4.78 is 55.0. The molecule has 154 valence electrons. The monoisotopic (exact) mass is 425 g/mol. The second-order valence-corrected chi connectivity index (χ2v) is 7.40. The summed E-state index contributed by atoms with van der Waals surface area (Å²) in [6, 6.07) is 6.50. The number of anilines is 2. The molecule has 2 aromatic rings. The summed E-state index contributed by atoms with van der Waals surface area (Å²) in [6.07, 6.45) is 1.42. The standard InChI is InChI=1S/C20H19F4N3OS/c1-26-7-5-11(6-8-26)19(28)12-3-2-4-13(9-12)27(20(25)29)15-10-14(21)16(22)18(24)17(15)23/h2-4,9-11H,5-8H2,1H3,(H2,25,29). The second-order valence-electron chi connectivity index (χ2n) is 6.99. The molecule has 0 aliphatic carbocycles. The molecule has 2 aromatic carbocycles. The van der Waals surface area contributed by atoms with Crippen LogP contribution in [0.15, 0.2) is 30.3 Å². The summed E-state index contributed by atoms with van der Waals surface area (Å²) in [5.74, 6) is -7.36. The van der Waals surface area contributed by atoms with Crippen molar-refractivity contribution in [1.82, 2.24) is 4.90 Å². The number of nitrogens with zero attached hydrogens (tertiary/aromatic N) is 2. The van der Waals surface area contributed by atoms with Gasteiger partial charge in [-0.25, -0.2) is 17.6 Å². The van der Waals surface area contributed by atoms with Crippen LogP contribution in [0.3, 0.4) is 0 Å². The maximum Gasteiger partial charge on any atom is 0.199 e. The minimum Gasteiger partial charge on any atom is -0.376 e. The van der Waals surface area contributed by atoms with Crippen LogP contribution >= 0.6 is 12.2 Å². The van der Waals surface area contributed by atoms with Gasteiger partial charge in [-0.2, -0.15) is 0 Å². The fraction of sp³-hybridized carbons (Fsp3) is 0.300. The van der Waals surface area contributed by atoms with Gasteiger partial charge in [-0.15, -0.1) is 0 Å². The van der Waals surface area contributed by atoms with Crippen molar-refractivity contribution in [1.29, 1.82) is 0 Å². The molecule has 0 aromatic heterocycles. The first-order chi connectivity index (χ1) is 13.7. The molecule has 29 heavy (non-hydrogen) atoms. The first-order valence-corrected chi connectivity index (χ1v) is 9.37. The van der Waals surface area contributed by atoms with Crippen LogP contribution in [0.4, 0.5) is 28.9 Å². The summed E-state index contributed by atoms with van der Waals surface area (Å²) in [6.45, 7) is 1.60. The van der Waals surface area contributed by atoms with Gasteiger partial charge in [0.1, 0.15) is 0 Å². The third-order valence-corrected chi connectivity index (χ3v) is 5.21. The number of nitrogens with two attached hydrogens (primary N) is 1. The van der Waals surface area contributed by atoms with Crippen LogP contribution in [0, 0.1) is 29.2 Å². The Labute approximate surface area is 170 Å². The Morgan fingerprint density at radius 2 is 1.76 bits per heavy atom. The zero-order valence-electron chi connectivity index (χ0n) is 15.6. The van der Waals surface area contributed by atoms with E-state index in [9.17, 15) is 22.4 Å². The Kier molecular flexibility index (Phi) is 6.18. The Morgan fingerprint density at radius 1 is 1.10 bits per heavy atom. The first-order valence-electron chi connectivity index (χ1n) is 8.96. The van der Waals surface area contributed by atoms with E-state index < -0.39 is 34.1 Å². The molecule has 1 aliphatic heterocycles. The lowest BCUT2D eigenvalue weighted by Crippen LogP contribution is -2.34. The Hall–Kier alpha value is -2.52. The van der Waals surface area contributed by atoms with Crippen molar-refractivity contribution in [3.63, 3.8) is 0 Å². The number of rotatable bonds is 4. The number of halogens is 4. The van der Waals surface area contributed by atoms with E-state index in [4.69, 9.17) is 18.0 Å². The SMILES string of the molecule is CN1CCC(C(=O)c2cccc(N(C(N)=S)c3cc(F)c(F)c(F)c3F)c2)CC1. The molecule has 0 unspecified atom stereocenters. The fourth-order valence-corrected chi connectivity index (χ4v) is 3.62. The van der Waals surface area contributed by atoms with Crippen molar-refractivity contribution >= 4 is 34.5 Å². The van der Waals surface area contributed by atoms with Crippen LogP contribution in [0.1, 0.15) is 23.2 Å². The smallest absolute Gasteiger partial charge is 0.199 e. The lowest BCUT2D eigenvalue weighted by atomic mass is 9.89. The van der Waals surface area contributed by atoms with Gasteiger partial charge in [0.25, 0.3) is 0 Å². The van der Waals surface area contributed by atoms with Crippen LogP contribution in [0.2, 0.25) is 0 Å². The van der Waals surface area contributed by atoms with E-state index in [2.05, 4.69) is 4.90 Å². The quantitative estimate of drug-likeness (QED) is 0.262. The molecule has 1 aliphatic rings. The van der Waals surface area contributed by atoms with Gasteiger partial charge in [-0.1, -0.05) is 12.1 Å². The molecule has 0 spiro atoms. The topological polar surface area (TPSA) is 49.6 Å². The average molecular weight is 425 g/mol. The van der Waals surface area contributed by atoms with Crippen molar-refractivity contribution in [2.24, 2.45) is 11.7 Å². The number of thiocarbonyl (C=S) groups is 1. The third-order valence-electron chi connectivity index (χ3n) is 5.02. The van der Waals surface area contributed by atoms with E-state index in [0.29, 0.717) is 24.5 Å². The molecule has 0 radical (unpaired) electrons. The molecule has 2 N–H and O–H groups in total. The molecule has 0 amide bonds. The molecule has 0 saturated carbocycles. The normalized spacial score (nSPS) is 15.3. The number of carbonyl (C=O) groups is 1. The van der Waals surface area contributed by atoms with E-state index in [1.165, 1.54) is 18.2 Å². The van der Waals surface area contributed by atoms with Crippen LogP contribution in [-0.4, -0.2) is 35.9 Å². The minimum absolute atomic E-state index is 0.0835. The Balaban J connectivity index is 1.99. The van der Waals surface area contributed by atoms with E-state index in [1.54, 1.807) is 6.07 Å². The van der Waals surface area contributed by atoms with E-state index in [1.807, 2.05) is 7.05 Å². The van der Waals surface area contributed by atoms with Gasteiger partial charge in [0.05, 0.1) is 5.69 Å². The largest absolute Gasteiger partial charge is 0.376 e. The highest BCUT2D eigenvalue weighted by molar-refractivity contribution is 7.80. The molecule has 1 heterocycles. The number of likely N-dealkylation sites (tertiary alicyclic amines) is 1. The maximum atomic E-state index is 14.3. The summed E-state index contributed by atoms with van der Waals surface area (Å²) in [5, 5.41) is -0.418. The van der Waals surface area contributed by atoms with Gasteiger partial charge in [-0.3, -0.25) is 9.69 Å². The van der Waals surface area contributed by atoms with Crippen molar-refractivity contribution in [2.75, 3.05) is 25.0 Å². The number of hydrogen-bond donors (Lipinski definition) is 1. The predicted molar refractivity (Wildman–Crippen MR) is 106 cm³/mol. The highest BCUT2D eigenvalue weighted by atomic mass is 32.1. The van der Waals surface area contributed by atoms with Gasteiger partial charge >= 0.3 is 0 Å². The van der Waals surface area contributed by atoms with Crippen LogP contribution < -0.4 is 10.6 Å². The zero-order valence-corrected chi connectivity index (χ0v) is 16.4. The molecule has 1 saturated heterocycles. The number of carbonyl (C=O) groups excluding carboxylic acids is 1. The van der Waals surface area contributed by atoms with Gasteiger partial charge in [0.2, 0.25) is 0 Å². The number of benzene rings is 2. The Morgan fingerprint density at radius 3 is 2.38 bits per heavy atom. The van der Waals surface area contributed by atoms with E-state index in [-0.39, 0.29) is 17.4 Å². The molecule has 0 bridgehead atoms. The predicted octanol–water partition coefficient (Wildman–Crippen LogP) is 4.15. The molecule has 0 atom stereocenters. The van der Waals surface area contributed by atoms with Gasteiger partial charge < -0.3 is 10.6 Å². The van der Waals surface area contributed by atoms with E-state index >= 15 is 0 Å². The molecular weight excluding hydrogens is 406 g/mol. The number of hydrogen-bond acceptors (Lipinski definition) is 3. The van der Waals surface area contributed by atoms with Gasteiger partial charge in [-0.05, 0) is 57.3 Å². The van der Waals surface area contributed by atoms with Crippen LogP contribution in [-0.2, 0) is 0 Å². The zero-order chi connectivity index (χ0) is 21.3. The Bertz CT molecular complexity index is 961. The lowest BCUT2D eigenvalue weighted by Gasteiger charge is -2.28. The second kappa shape index (κ2) is 8.46. The molecule has 9 heteroatoms. The molecular formula is C20H19F4N3OS. The number of piperidine rings is 1. The van der Waals surface area contributed by atoms with Crippen molar-refractivity contribution < 1.29 is 22.4 Å². The molecule has 3 rings (SSSR count). The van der Waals surface area contributed by atoms with Crippen LogP contribution in [0.5, 0.6) is 0 Å². The summed E-state index contributed by atoms with van der Waals surface area (Å²) in [5.41, 5.74) is 5.46. The minimum atomic E-state index is -1.97. The molecule has 1 fully saturated rings. The van der Waals surface area contributed by atoms with Gasteiger partial charge in [0, 0.05) is 23.2 Å². The average Bonchev–Trinajstić information content (AvgIpc) is 2.70. The summed E-state index contributed by atoms with van der Waals surface area (Å²) in [7, 11) is 1.98. The van der Waals surface area contributed by atoms with Crippen molar-refractivity contribution in [3.8, 4) is 0 Å². The highest BCUT2D eigenvalue weighted by Gasteiger charge is 2.27. The van der Waals surface area contributed by atoms with Crippen molar-refractivity contribution in [3.05, 3.63) is 59.2 Å². The third kappa shape index (κ3) is 4.25. The summed E-state index contributed by atoms with van der Waals surface area (Å²) in [4.78, 5) is 15.9. The van der Waals surface area contributed by atoms with Crippen molar-refractivity contribution in [2.45, 2.75) is 12.8 Å². The first kappa shape index (κ1) is 21.2.